The molecule has 2 aromatic carbocycles. The molecule has 1 atom stereocenters. The SMILES string of the molecule is CCN(CC(=O)Nc1cc(C)cc(C)c1)CC1COc2ccccc2O1. The lowest BCUT2D eigenvalue weighted by Gasteiger charge is -2.30. The number of carbonyl (C=O) groups excluding carboxylic acids is 1. The molecular weight excluding hydrogens is 328 g/mol. The third-order valence-electron chi connectivity index (χ3n) is 4.35. The molecule has 5 heteroatoms. The number of para-hydroxylation sites is 2. The molecule has 138 valence electrons. The smallest absolute Gasteiger partial charge is 0.238 e. The number of likely N-dealkylation sites (N-methyl/N-ethyl adjacent to an activating group) is 1. The molecule has 0 spiro atoms. The standard InChI is InChI=1S/C21H26N2O3/c1-4-23(12-18-14-25-19-7-5-6-8-20(19)26-18)13-21(24)22-17-10-15(2)9-16(3)11-17/h5-11,18H,4,12-14H2,1-3H3,(H,22,24). The molecule has 0 saturated carbocycles. The van der Waals surface area contributed by atoms with Gasteiger partial charge < -0.3 is 14.8 Å². The zero-order valence-corrected chi connectivity index (χ0v) is 15.6. The number of hydrogen-bond donors (Lipinski definition) is 1. The van der Waals surface area contributed by atoms with Crippen molar-refractivity contribution in [1.82, 2.24) is 4.90 Å². The fourth-order valence-electron chi connectivity index (χ4n) is 3.20. The van der Waals surface area contributed by atoms with Crippen LogP contribution in [0.2, 0.25) is 0 Å². The van der Waals surface area contributed by atoms with Crippen molar-refractivity contribution < 1.29 is 14.3 Å². The second-order valence-corrected chi connectivity index (χ2v) is 6.75. The second kappa shape index (κ2) is 8.23. The van der Waals surface area contributed by atoms with Crippen LogP contribution >= 0.6 is 0 Å². The van der Waals surface area contributed by atoms with Gasteiger partial charge in [0, 0.05) is 12.2 Å². The van der Waals surface area contributed by atoms with Crippen molar-refractivity contribution in [3.8, 4) is 11.5 Å². The molecule has 1 amide bonds. The molecule has 0 bridgehead atoms. The van der Waals surface area contributed by atoms with Crippen LogP contribution in [0.3, 0.4) is 0 Å². The van der Waals surface area contributed by atoms with Gasteiger partial charge in [-0.3, -0.25) is 9.69 Å². The van der Waals surface area contributed by atoms with Crippen LogP contribution < -0.4 is 14.8 Å². The van der Waals surface area contributed by atoms with Gasteiger partial charge in [0.25, 0.3) is 0 Å². The van der Waals surface area contributed by atoms with Gasteiger partial charge in [0.2, 0.25) is 5.91 Å². The number of carbonyl (C=O) groups is 1. The first-order valence-corrected chi connectivity index (χ1v) is 9.02. The fourth-order valence-corrected chi connectivity index (χ4v) is 3.20. The van der Waals surface area contributed by atoms with Crippen molar-refractivity contribution in [2.75, 3.05) is 31.6 Å². The summed E-state index contributed by atoms with van der Waals surface area (Å²) >= 11 is 0. The number of benzene rings is 2. The minimum absolute atomic E-state index is 0.0195. The average molecular weight is 354 g/mol. The van der Waals surface area contributed by atoms with Crippen molar-refractivity contribution in [3.63, 3.8) is 0 Å². The summed E-state index contributed by atoms with van der Waals surface area (Å²) in [5, 5.41) is 2.99. The van der Waals surface area contributed by atoms with Crippen LogP contribution in [0.4, 0.5) is 5.69 Å². The Hall–Kier alpha value is -2.53. The van der Waals surface area contributed by atoms with Crippen molar-refractivity contribution in [3.05, 3.63) is 53.6 Å². The Labute approximate surface area is 154 Å². The summed E-state index contributed by atoms with van der Waals surface area (Å²) < 4.78 is 11.8. The summed E-state index contributed by atoms with van der Waals surface area (Å²) in [6, 6.07) is 13.7. The quantitative estimate of drug-likeness (QED) is 0.864. The van der Waals surface area contributed by atoms with Crippen LogP contribution in [0.15, 0.2) is 42.5 Å². The Morgan fingerprint density at radius 2 is 1.85 bits per heavy atom. The fraction of sp³-hybridized carbons (Fsp3) is 0.381. The Bertz CT molecular complexity index is 755. The van der Waals surface area contributed by atoms with Crippen LogP contribution in [-0.4, -0.2) is 43.2 Å². The molecule has 1 unspecified atom stereocenters. The lowest BCUT2D eigenvalue weighted by Crippen LogP contribution is -2.43. The molecule has 1 aliphatic rings. The van der Waals surface area contributed by atoms with Gasteiger partial charge in [0.1, 0.15) is 12.7 Å². The number of rotatable bonds is 6. The summed E-state index contributed by atoms with van der Waals surface area (Å²) in [5.74, 6) is 1.52. The maximum atomic E-state index is 12.4. The molecule has 0 radical (unpaired) electrons. The predicted molar refractivity (Wildman–Crippen MR) is 103 cm³/mol. The minimum atomic E-state index is -0.0844. The van der Waals surface area contributed by atoms with E-state index in [1.54, 1.807) is 0 Å². The highest BCUT2D eigenvalue weighted by molar-refractivity contribution is 5.92. The minimum Gasteiger partial charge on any atom is -0.486 e. The Morgan fingerprint density at radius 3 is 2.54 bits per heavy atom. The number of anilines is 1. The maximum Gasteiger partial charge on any atom is 0.238 e. The van der Waals surface area contributed by atoms with Crippen LogP contribution in [-0.2, 0) is 4.79 Å². The largest absolute Gasteiger partial charge is 0.486 e. The van der Waals surface area contributed by atoms with Crippen LogP contribution in [0, 0.1) is 13.8 Å². The van der Waals surface area contributed by atoms with Gasteiger partial charge in [0.05, 0.1) is 6.54 Å². The normalized spacial score (nSPS) is 15.8. The topological polar surface area (TPSA) is 50.8 Å². The Balaban J connectivity index is 1.55. The van der Waals surface area contributed by atoms with E-state index in [1.165, 1.54) is 0 Å². The molecule has 5 nitrogen and oxygen atoms in total. The lowest BCUT2D eigenvalue weighted by atomic mass is 10.1. The zero-order valence-electron chi connectivity index (χ0n) is 15.6. The van der Waals surface area contributed by atoms with E-state index >= 15 is 0 Å². The Morgan fingerprint density at radius 1 is 1.15 bits per heavy atom. The molecule has 0 fully saturated rings. The molecule has 0 aromatic heterocycles. The number of amides is 1. The van der Waals surface area contributed by atoms with Gasteiger partial charge in [-0.2, -0.15) is 0 Å². The molecule has 2 aromatic rings. The number of hydrogen-bond acceptors (Lipinski definition) is 4. The first-order chi connectivity index (χ1) is 12.5. The molecule has 3 rings (SSSR count). The molecule has 1 heterocycles. The zero-order chi connectivity index (χ0) is 18.5. The summed E-state index contributed by atoms with van der Waals surface area (Å²) in [4.78, 5) is 14.5. The molecule has 26 heavy (non-hydrogen) atoms. The summed E-state index contributed by atoms with van der Waals surface area (Å²) in [5.41, 5.74) is 3.12. The van der Waals surface area contributed by atoms with Crippen LogP contribution in [0.25, 0.3) is 0 Å². The highest BCUT2D eigenvalue weighted by Crippen LogP contribution is 2.31. The van der Waals surface area contributed by atoms with E-state index in [0.717, 1.165) is 34.9 Å². The van der Waals surface area contributed by atoms with Gasteiger partial charge in [-0.25, -0.2) is 0 Å². The van der Waals surface area contributed by atoms with E-state index in [-0.39, 0.29) is 12.0 Å². The monoisotopic (exact) mass is 354 g/mol. The predicted octanol–water partition coefficient (Wildman–Crippen LogP) is 3.40. The first-order valence-electron chi connectivity index (χ1n) is 9.02. The molecule has 1 N–H and O–H groups in total. The van der Waals surface area contributed by atoms with E-state index in [4.69, 9.17) is 9.47 Å². The van der Waals surface area contributed by atoms with E-state index < -0.39 is 0 Å². The van der Waals surface area contributed by atoms with Crippen molar-refractivity contribution >= 4 is 11.6 Å². The van der Waals surface area contributed by atoms with E-state index in [0.29, 0.717) is 19.7 Å². The van der Waals surface area contributed by atoms with Gasteiger partial charge in [-0.1, -0.05) is 25.1 Å². The highest BCUT2D eigenvalue weighted by Gasteiger charge is 2.23. The number of nitrogens with one attached hydrogen (secondary N) is 1. The lowest BCUT2D eigenvalue weighted by molar-refractivity contribution is -0.117. The van der Waals surface area contributed by atoms with Gasteiger partial charge in [-0.05, 0) is 55.8 Å². The number of fused-ring (bicyclic) bond motifs is 1. The molecular formula is C21H26N2O3. The van der Waals surface area contributed by atoms with E-state index in [2.05, 4.69) is 16.3 Å². The Kier molecular flexibility index (Phi) is 5.78. The van der Waals surface area contributed by atoms with E-state index in [9.17, 15) is 4.79 Å². The van der Waals surface area contributed by atoms with Crippen LogP contribution in [0.5, 0.6) is 11.5 Å². The third-order valence-corrected chi connectivity index (χ3v) is 4.35. The van der Waals surface area contributed by atoms with Gasteiger partial charge in [-0.15, -0.1) is 0 Å². The first kappa shape index (κ1) is 18.3. The highest BCUT2D eigenvalue weighted by atomic mass is 16.6. The molecule has 0 saturated heterocycles. The second-order valence-electron chi connectivity index (χ2n) is 6.75. The summed E-state index contributed by atoms with van der Waals surface area (Å²) in [6.07, 6.45) is -0.0844. The summed E-state index contributed by atoms with van der Waals surface area (Å²) in [7, 11) is 0. The number of nitrogens with zero attached hydrogens (tertiary/aromatic N) is 1. The van der Waals surface area contributed by atoms with Crippen molar-refractivity contribution in [1.29, 1.82) is 0 Å². The maximum absolute atomic E-state index is 12.4. The average Bonchev–Trinajstić information content (AvgIpc) is 2.60. The number of ether oxygens (including phenoxy) is 2. The molecule has 0 aliphatic carbocycles. The van der Waals surface area contributed by atoms with Gasteiger partial charge in [0.15, 0.2) is 11.5 Å². The molecule has 1 aliphatic heterocycles. The van der Waals surface area contributed by atoms with Crippen molar-refractivity contribution in [2.24, 2.45) is 0 Å². The van der Waals surface area contributed by atoms with Crippen molar-refractivity contribution in [2.45, 2.75) is 26.9 Å². The van der Waals surface area contributed by atoms with Crippen LogP contribution in [0.1, 0.15) is 18.1 Å². The summed E-state index contributed by atoms with van der Waals surface area (Å²) in [6.45, 7) is 8.32. The van der Waals surface area contributed by atoms with E-state index in [1.807, 2.05) is 57.2 Å². The number of aryl methyl sites for hydroxylation is 2. The third kappa shape index (κ3) is 4.76. The van der Waals surface area contributed by atoms with Gasteiger partial charge >= 0.3 is 0 Å².